The second kappa shape index (κ2) is 8.48. The van der Waals surface area contributed by atoms with E-state index in [9.17, 15) is 9.59 Å². The van der Waals surface area contributed by atoms with Gasteiger partial charge in [0.1, 0.15) is 17.8 Å². The van der Waals surface area contributed by atoms with E-state index in [0.29, 0.717) is 19.4 Å². The van der Waals surface area contributed by atoms with E-state index in [0.717, 1.165) is 17.9 Å². The van der Waals surface area contributed by atoms with Gasteiger partial charge in [0.2, 0.25) is 11.8 Å². The van der Waals surface area contributed by atoms with Crippen molar-refractivity contribution in [3.63, 3.8) is 0 Å². The van der Waals surface area contributed by atoms with Crippen molar-refractivity contribution in [3.05, 3.63) is 64.7 Å². The molecule has 2 aromatic carbocycles. The highest BCUT2D eigenvalue weighted by Crippen LogP contribution is 2.25. The minimum atomic E-state index is -0.514. The Bertz CT molecular complexity index is 941. The van der Waals surface area contributed by atoms with Crippen LogP contribution in [0, 0.1) is 13.8 Å². The van der Waals surface area contributed by atoms with Crippen molar-refractivity contribution in [2.75, 3.05) is 13.7 Å². The third-order valence-corrected chi connectivity index (χ3v) is 6.18. The van der Waals surface area contributed by atoms with Crippen molar-refractivity contribution in [2.45, 2.75) is 51.4 Å². The number of hydrogen-bond acceptors (Lipinski definition) is 4. The van der Waals surface area contributed by atoms with Crippen molar-refractivity contribution in [1.82, 2.24) is 15.5 Å². The van der Waals surface area contributed by atoms with Crippen LogP contribution in [0.4, 0.5) is 0 Å². The number of rotatable bonds is 6. The average molecular weight is 408 g/mol. The van der Waals surface area contributed by atoms with E-state index in [1.807, 2.05) is 24.3 Å². The number of carbonyl (C=O) groups excluding carboxylic acids is 2. The Morgan fingerprint density at radius 2 is 1.90 bits per heavy atom. The number of nitrogens with one attached hydrogen (secondary N) is 2. The van der Waals surface area contributed by atoms with Gasteiger partial charge in [-0.15, -0.1) is 0 Å². The maximum Gasteiger partial charge on any atom is 0.246 e. The fourth-order valence-electron chi connectivity index (χ4n) is 4.44. The summed E-state index contributed by atoms with van der Waals surface area (Å²) < 4.78 is 5.18. The highest BCUT2D eigenvalue weighted by Gasteiger charge is 2.46. The molecule has 2 aliphatic rings. The number of nitrogens with zero attached hydrogens (tertiary/aromatic N) is 1. The van der Waals surface area contributed by atoms with Crippen LogP contribution in [0.25, 0.3) is 0 Å². The molecule has 2 saturated heterocycles. The lowest BCUT2D eigenvalue weighted by molar-refractivity contribution is -0.147. The molecule has 0 saturated carbocycles. The molecule has 0 aromatic heterocycles. The molecule has 6 heteroatoms. The zero-order valence-corrected chi connectivity index (χ0v) is 17.8. The smallest absolute Gasteiger partial charge is 0.246 e. The van der Waals surface area contributed by atoms with E-state index in [1.54, 1.807) is 12.0 Å². The first-order valence-electron chi connectivity index (χ1n) is 10.5. The van der Waals surface area contributed by atoms with E-state index in [4.69, 9.17) is 4.74 Å². The number of piperazine rings is 1. The third-order valence-electron chi connectivity index (χ3n) is 6.18. The van der Waals surface area contributed by atoms with Crippen LogP contribution in [0.5, 0.6) is 5.75 Å². The minimum Gasteiger partial charge on any atom is -0.497 e. The molecule has 2 aliphatic heterocycles. The summed E-state index contributed by atoms with van der Waals surface area (Å²) >= 11 is 0. The molecule has 6 nitrogen and oxygen atoms in total. The van der Waals surface area contributed by atoms with Gasteiger partial charge in [-0.05, 0) is 49.1 Å². The molecule has 158 valence electrons. The molecule has 0 bridgehead atoms. The Kier molecular flexibility index (Phi) is 5.77. The molecule has 3 atom stereocenters. The summed E-state index contributed by atoms with van der Waals surface area (Å²) in [4.78, 5) is 27.5. The molecule has 2 aromatic rings. The molecule has 0 aliphatic carbocycles. The average Bonchev–Trinajstić information content (AvgIpc) is 3.17. The maximum absolute atomic E-state index is 13.1. The van der Waals surface area contributed by atoms with Crippen LogP contribution in [0.3, 0.4) is 0 Å². The summed E-state index contributed by atoms with van der Waals surface area (Å²) in [5, 5.41) is 6.48. The van der Waals surface area contributed by atoms with Crippen molar-refractivity contribution < 1.29 is 14.3 Å². The van der Waals surface area contributed by atoms with Crippen LogP contribution in [-0.2, 0) is 22.6 Å². The number of methoxy groups -OCH3 is 1. The summed E-state index contributed by atoms with van der Waals surface area (Å²) in [6, 6.07) is 13.3. The fourth-order valence-corrected chi connectivity index (χ4v) is 4.44. The first-order valence-corrected chi connectivity index (χ1v) is 10.5. The maximum atomic E-state index is 13.1. The largest absolute Gasteiger partial charge is 0.497 e. The Labute approximate surface area is 177 Å². The normalized spacial score (nSPS) is 23.3. The number of carbonyl (C=O) groups is 2. The van der Waals surface area contributed by atoms with Gasteiger partial charge in [0, 0.05) is 25.6 Å². The molecule has 0 radical (unpaired) electrons. The number of ether oxygens (including phenoxy) is 1. The van der Waals surface area contributed by atoms with Crippen LogP contribution in [-0.4, -0.2) is 48.5 Å². The third kappa shape index (κ3) is 4.19. The van der Waals surface area contributed by atoms with E-state index in [-0.39, 0.29) is 23.9 Å². The topological polar surface area (TPSA) is 70.7 Å². The predicted octanol–water partition coefficient (Wildman–Crippen LogP) is 2.11. The molecule has 4 rings (SSSR count). The van der Waals surface area contributed by atoms with Gasteiger partial charge in [-0.2, -0.15) is 0 Å². The van der Waals surface area contributed by atoms with Crippen molar-refractivity contribution in [3.8, 4) is 5.75 Å². The SMILES string of the molecule is COc1ccc(C[C@@H]2NC(=O)[C@@H]3C[C@H](NCc4ccc(C)cc4C)CN3C2=O)cc1. The van der Waals surface area contributed by atoms with E-state index in [1.165, 1.54) is 16.7 Å². The van der Waals surface area contributed by atoms with Gasteiger partial charge in [0.05, 0.1) is 7.11 Å². The summed E-state index contributed by atoms with van der Waals surface area (Å²) in [6.45, 7) is 5.51. The second-order valence-corrected chi connectivity index (χ2v) is 8.36. The van der Waals surface area contributed by atoms with Gasteiger partial charge in [0.15, 0.2) is 0 Å². The first kappa shape index (κ1) is 20.4. The van der Waals surface area contributed by atoms with Gasteiger partial charge >= 0.3 is 0 Å². The number of fused-ring (bicyclic) bond motifs is 1. The monoisotopic (exact) mass is 407 g/mol. The first-order chi connectivity index (χ1) is 14.4. The van der Waals surface area contributed by atoms with Crippen molar-refractivity contribution >= 4 is 11.8 Å². The number of aryl methyl sites for hydroxylation is 2. The van der Waals surface area contributed by atoms with Gasteiger partial charge in [-0.25, -0.2) is 0 Å². The van der Waals surface area contributed by atoms with Crippen molar-refractivity contribution in [2.24, 2.45) is 0 Å². The summed E-state index contributed by atoms with van der Waals surface area (Å²) in [7, 11) is 1.62. The number of hydrogen-bond donors (Lipinski definition) is 2. The molecular weight excluding hydrogens is 378 g/mol. The van der Waals surface area contributed by atoms with Crippen LogP contribution in [0.15, 0.2) is 42.5 Å². The Morgan fingerprint density at radius 3 is 2.60 bits per heavy atom. The summed E-state index contributed by atoms with van der Waals surface area (Å²) in [5.74, 6) is 0.727. The van der Waals surface area contributed by atoms with Crippen LogP contribution >= 0.6 is 0 Å². The van der Waals surface area contributed by atoms with Gasteiger partial charge in [-0.1, -0.05) is 35.9 Å². The van der Waals surface area contributed by atoms with Crippen molar-refractivity contribution in [1.29, 1.82) is 0 Å². The molecule has 2 fully saturated rings. The van der Waals surface area contributed by atoms with E-state index in [2.05, 4.69) is 42.7 Å². The zero-order valence-electron chi connectivity index (χ0n) is 17.8. The van der Waals surface area contributed by atoms with E-state index < -0.39 is 6.04 Å². The van der Waals surface area contributed by atoms with Crippen LogP contribution in [0.2, 0.25) is 0 Å². The Hall–Kier alpha value is -2.86. The standard InChI is InChI=1S/C24H29N3O3/c1-15-4-7-18(16(2)10-15)13-25-19-12-22-23(28)26-21(24(29)27(22)14-19)11-17-5-8-20(30-3)9-6-17/h4-10,19,21-22,25H,11-14H2,1-3H3,(H,26,28)/t19-,21-,22-/m0/s1. The number of benzene rings is 2. The zero-order chi connectivity index (χ0) is 21.3. The quantitative estimate of drug-likeness (QED) is 0.770. The lowest BCUT2D eigenvalue weighted by atomic mass is 10.0. The highest BCUT2D eigenvalue weighted by molar-refractivity contribution is 5.97. The summed E-state index contributed by atoms with van der Waals surface area (Å²) in [6.07, 6.45) is 1.14. The van der Waals surface area contributed by atoms with Gasteiger partial charge < -0.3 is 20.3 Å². The Morgan fingerprint density at radius 1 is 1.13 bits per heavy atom. The van der Waals surface area contributed by atoms with E-state index >= 15 is 0 Å². The predicted molar refractivity (Wildman–Crippen MR) is 115 cm³/mol. The Balaban J connectivity index is 1.38. The molecule has 0 spiro atoms. The highest BCUT2D eigenvalue weighted by atomic mass is 16.5. The lowest BCUT2D eigenvalue weighted by Crippen LogP contribution is -2.61. The molecule has 30 heavy (non-hydrogen) atoms. The van der Waals surface area contributed by atoms with Crippen LogP contribution < -0.4 is 15.4 Å². The lowest BCUT2D eigenvalue weighted by Gasteiger charge is -2.34. The van der Waals surface area contributed by atoms with Gasteiger partial charge in [-0.3, -0.25) is 9.59 Å². The summed E-state index contributed by atoms with van der Waals surface area (Å²) in [5.41, 5.74) is 4.75. The minimum absolute atomic E-state index is 0.00577. The molecular formula is C24H29N3O3. The van der Waals surface area contributed by atoms with Crippen LogP contribution in [0.1, 0.15) is 28.7 Å². The fraction of sp³-hybridized carbons (Fsp3) is 0.417. The molecule has 2 N–H and O–H groups in total. The van der Waals surface area contributed by atoms with Gasteiger partial charge in [0.25, 0.3) is 0 Å². The molecule has 0 unspecified atom stereocenters. The molecule has 2 amide bonds. The second-order valence-electron chi connectivity index (χ2n) is 8.36. The molecule has 2 heterocycles. The number of amides is 2.